The van der Waals surface area contributed by atoms with E-state index in [-0.39, 0.29) is 48.3 Å². The van der Waals surface area contributed by atoms with Gasteiger partial charge in [-0.1, -0.05) is 35.3 Å². The third-order valence-electron chi connectivity index (χ3n) is 8.85. The Bertz CT molecular complexity index is 1580. The number of hydrogen-bond acceptors (Lipinski definition) is 7. The third kappa shape index (κ3) is 6.45. The molecule has 238 valence electrons. The van der Waals surface area contributed by atoms with E-state index in [1.165, 1.54) is 17.2 Å². The molecule has 9 nitrogen and oxygen atoms in total. The Morgan fingerprint density at radius 3 is 2.44 bits per heavy atom. The zero-order chi connectivity index (χ0) is 31.9. The molecule has 3 aliphatic rings. The lowest BCUT2D eigenvalue weighted by molar-refractivity contribution is -0.137. The summed E-state index contributed by atoms with van der Waals surface area (Å²) in [7, 11) is 2.05. The number of halogens is 3. The van der Waals surface area contributed by atoms with E-state index in [1.807, 2.05) is 0 Å². The maximum atomic E-state index is 16.7. The number of carbonyl (C=O) groups is 2. The monoisotopic (exact) mass is 655 g/mol. The van der Waals surface area contributed by atoms with Crippen molar-refractivity contribution in [2.45, 2.75) is 37.6 Å². The normalized spacial score (nSPS) is 21.9. The summed E-state index contributed by atoms with van der Waals surface area (Å²) in [6, 6.07) is 12.8. The number of fused-ring (bicyclic) bond motifs is 1. The van der Waals surface area contributed by atoms with Gasteiger partial charge in [-0.2, -0.15) is 0 Å². The van der Waals surface area contributed by atoms with Crippen molar-refractivity contribution < 1.29 is 23.8 Å². The van der Waals surface area contributed by atoms with Gasteiger partial charge < -0.3 is 20.1 Å². The number of rotatable bonds is 10. The number of piperazine rings is 1. The van der Waals surface area contributed by atoms with Crippen molar-refractivity contribution in [1.82, 2.24) is 25.0 Å². The van der Waals surface area contributed by atoms with Crippen LogP contribution in [0.3, 0.4) is 0 Å². The second-order valence-corrected chi connectivity index (χ2v) is 13.2. The van der Waals surface area contributed by atoms with Gasteiger partial charge in [-0.3, -0.25) is 24.4 Å². The highest BCUT2D eigenvalue weighted by molar-refractivity contribution is 6.30. The van der Waals surface area contributed by atoms with Crippen LogP contribution in [0.2, 0.25) is 10.0 Å². The van der Waals surface area contributed by atoms with Gasteiger partial charge in [0.2, 0.25) is 11.6 Å². The first-order chi connectivity index (χ1) is 21.5. The molecular weight excluding hydrogens is 620 g/mol. The number of likely N-dealkylation sites (N-methyl/N-ethyl adjacent to an activating group) is 1. The summed E-state index contributed by atoms with van der Waals surface area (Å²) in [5.74, 6) is -1.47. The summed E-state index contributed by atoms with van der Waals surface area (Å²) in [4.78, 5) is 37.1. The van der Waals surface area contributed by atoms with Crippen LogP contribution in [0.25, 0.3) is 0 Å². The smallest absolute Gasteiger partial charge is 0.257 e. The van der Waals surface area contributed by atoms with Gasteiger partial charge in [0.05, 0.1) is 34.0 Å². The predicted molar refractivity (Wildman–Crippen MR) is 168 cm³/mol. The Balaban J connectivity index is 1.45. The standard InChI is InChI=1S/C33H36Cl2FN5O4/c1-32(44,19-40-13-11-39(2)12-14-40)23-15-27-29(28(36)16-23)33(22-5-7-24(34)8-6-22,45-20-38-30(42)21-3-4-21)41(31(27)43)18-26-10-9-25(35)17-37-26/h5-10,15-17,21,44H,3-4,11-14,18-20H2,1-2H3,(H,38,42)/t32?,33-/m1/s1. The van der Waals surface area contributed by atoms with Crippen LogP contribution in [0.4, 0.5) is 4.39 Å². The van der Waals surface area contributed by atoms with Crippen molar-refractivity contribution in [3.05, 3.63) is 98.5 Å². The van der Waals surface area contributed by atoms with Crippen LogP contribution in [0.5, 0.6) is 0 Å². The minimum atomic E-state index is -1.79. The average Bonchev–Trinajstić information content (AvgIpc) is 3.83. The number of amides is 2. The molecule has 3 aromatic rings. The lowest BCUT2D eigenvalue weighted by Gasteiger charge is -2.39. The molecule has 2 N–H and O–H groups in total. The highest BCUT2D eigenvalue weighted by Crippen LogP contribution is 2.48. The van der Waals surface area contributed by atoms with Crippen molar-refractivity contribution in [3.63, 3.8) is 0 Å². The fourth-order valence-electron chi connectivity index (χ4n) is 6.14. The molecule has 2 fully saturated rings. The number of aromatic nitrogens is 1. The lowest BCUT2D eigenvalue weighted by atomic mass is 9.87. The average molecular weight is 657 g/mol. The molecule has 1 aromatic heterocycles. The lowest BCUT2D eigenvalue weighted by Crippen LogP contribution is -2.49. The van der Waals surface area contributed by atoms with Crippen molar-refractivity contribution in [3.8, 4) is 0 Å². The number of nitrogens with one attached hydrogen (secondary N) is 1. The van der Waals surface area contributed by atoms with E-state index in [4.69, 9.17) is 27.9 Å². The molecule has 1 saturated heterocycles. The number of aliphatic hydroxyl groups is 1. The molecule has 2 aromatic carbocycles. The van der Waals surface area contributed by atoms with Crippen molar-refractivity contribution >= 4 is 35.0 Å². The second kappa shape index (κ2) is 12.6. The van der Waals surface area contributed by atoms with Crippen molar-refractivity contribution in [2.75, 3.05) is 46.5 Å². The summed E-state index contributed by atoms with van der Waals surface area (Å²) in [6.45, 7) is 4.82. The summed E-state index contributed by atoms with van der Waals surface area (Å²) in [6.07, 6.45) is 3.07. The third-order valence-corrected chi connectivity index (χ3v) is 9.33. The Kier molecular flexibility index (Phi) is 8.91. The summed E-state index contributed by atoms with van der Waals surface area (Å²) >= 11 is 12.3. The number of hydrogen-bond donors (Lipinski definition) is 2. The second-order valence-electron chi connectivity index (χ2n) is 12.3. The minimum absolute atomic E-state index is 0.0106. The fraction of sp³-hybridized carbons (Fsp3) is 0.424. The molecule has 3 heterocycles. The van der Waals surface area contributed by atoms with Crippen LogP contribution < -0.4 is 5.32 Å². The molecular formula is C33H36Cl2FN5O4. The van der Waals surface area contributed by atoms with Crippen molar-refractivity contribution in [2.24, 2.45) is 5.92 Å². The Hall–Kier alpha value is -3.12. The van der Waals surface area contributed by atoms with Gasteiger partial charge in [0.1, 0.15) is 12.5 Å². The number of pyridine rings is 1. The van der Waals surface area contributed by atoms with E-state index < -0.39 is 23.1 Å². The van der Waals surface area contributed by atoms with Crippen molar-refractivity contribution in [1.29, 1.82) is 0 Å². The van der Waals surface area contributed by atoms with E-state index in [9.17, 15) is 14.7 Å². The first-order valence-corrected chi connectivity index (χ1v) is 15.8. The van der Waals surface area contributed by atoms with E-state index in [2.05, 4.69) is 27.1 Å². The van der Waals surface area contributed by atoms with Gasteiger partial charge in [-0.05, 0) is 68.8 Å². The number of nitrogens with zero attached hydrogens (tertiary/aromatic N) is 4. The Morgan fingerprint density at radius 1 is 1.11 bits per heavy atom. The molecule has 2 aliphatic heterocycles. The molecule has 1 unspecified atom stereocenters. The van der Waals surface area contributed by atoms with Crippen LogP contribution in [-0.4, -0.2) is 83.1 Å². The number of β-amino-alcohol motifs (C(OH)–C–C–N with tert-alkyl or cyclic N) is 1. The largest absolute Gasteiger partial charge is 0.384 e. The number of ether oxygens (including phenoxy) is 1. The van der Waals surface area contributed by atoms with Gasteiger partial charge in [-0.15, -0.1) is 0 Å². The molecule has 1 aliphatic carbocycles. The molecule has 1 saturated carbocycles. The van der Waals surface area contributed by atoms with E-state index in [1.54, 1.807) is 49.4 Å². The molecule has 0 bridgehead atoms. The fourth-order valence-corrected chi connectivity index (χ4v) is 6.38. The molecule has 2 atom stereocenters. The van der Waals surface area contributed by atoms with Crippen LogP contribution in [0, 0.1) is 11.7 Å². The molecule has 12 heteroatoms. The Labute approximate surface area is 271 Å². The van der Waals surface area contributed by atoms with Gasteiger partial charge in [-0.25, -0.2) is 4.39 Å². The first-order valence-electron chi connectivity index (χ1n) is 15.1. The molecule has 0 radical (unpaired) electrons. The molecule has 0 spiro atoms. The predicted octanol–water partition coefficient (Wildman–Crippen LogP) is 4.34. The molecule has 6 rings (SSSR count). The highest BCUT2D eigenvalue weighted by Gasteiger charge is 2.55. The van der Waals surface area contributed by atoms with Crippen LogP contribution in [-0.2, 0) is 27.4 Å². The van der Waals surface area contributed by atoms with Crippen LogP contribution in [0.15, 0.2) is 54.7 Å². The van der Waals surface area contributed by atoms with Crippen LogP contribution in [0.1, 0.15) is 52.5 Å². The highest BCUT2D eigenvalue weighted by atomic mass is 35.5. The topological polar surface area (TPSA) is 98.2 Å². The SMILES string of the molecule is CN1CCN(CC(C)(O)c2cc(F)c3c(c2)C(=O)N(Cc2ccc(Cl)cn2)[C@@]3(OCNC(=O)C2CC2)c2ccc(Cl)cc2)CC1. The first kappa shape index (κ1) is 31.8. The van der Waals surface area contributed by atoms with Crippen LogP contribution >= 0.6 is 23.2 Å². The maximum Gasteiger partial charge on any atom is 0.257 e. The van der Waals surface area contributed by atoms with E-state index >= 15 is 4.39 Å². The van der Waals surface area contributed by atoms with Gasteiger partial charge >= 0.3 is 0 Å². The number of benzene rings is 2. The quantitative estimate of drug-likeness (QED) is 0.314. The van der Waals surface area contributed by atoms with E-state index in [0.29, 0.717) is 21.3 Å². The van der Waals surface area contributed by atoms with Gasteiger partial charge in [0.15, 0.2) is 0 Å². The summed E-state index contributed by atoms with van der Waals surface area (Å²) in [5.41, 5.74) is -1.98. The molecule has 45 heavy (non-hydrogen) atoms. The maximum absolute atomic E-state index is 16.7. The van der Waals surface area contributed by atoms with Gasteiger partial charge in [0, 0.05) is 55.4 Å². The van der Waals surface area contributed by atoms with E-state index in [0.717, 1.165) is 39.0 Å². The molecule has 2 amide bonds. The number of carbonyl (C=O) groups excluding carboxylic acids is 2. The zero-order valence-electron chi connectivity index (χ0n) is 25.2. The summed E-state index contributed by atoms with van der Waals surface area (Å²) in [5, 5.41) is 15.3. The minimum Gasteiger partial charge on any atom is -0.384 e. The Morgan fingerprint density at radius 2 is 1.80 bits per heavy atom. The zero-order valence-corrected chi connectivity index (χ0v) is 26.7. The summed E-state index contributed by atoms with van der Waals surface area (Å²) < 4.78 is 23.2. The van der Waals surface area contributed by atoms with Gasteiger partial charge in [0.25, 0.3) is 5.91 Å².